The van der Waals surface area contributed by atoms with Gasteiger partial charge in [-0.1, -0.05) is 84.0 Å². The Morgan fingerprint density at radius 1 is 0.632 bits per heavy atom. The highest BCUT2D eigenvalue weighted by atomic mass is 16.7. The van der Waals surface area contributed by atoms with E-state index in [1.807, 2.05) is 0 Å². The van der Waals surface area contributed by atoms with Gasteiger partial charge in [0.1, 0.15) is 6.61 Å². The molecule has 0 N–H and O–H groups in total. The van der Waals surface area contributed by atoms with Gasteiger partial charge in [0, 0.05) is 0 Å². The fourth-order valence-electron chi connectivity index (χ4n) is 2.40. The van der Waals surface area contributed by atoms with Crippen molar-refractivity contribution in [1.29, 1.82) is 0 Å². The van der Waals surface area contributed by atoms with Crippen LogP contribution in [0.2, 0.25) is 0 Å². The van der Waals surface area contributed by atoms with E-state index < -0.39 is 0 Å². The number of hydrogen-bond acceptors (Lipinski definition) is 3. The Balaban J connectivity index is 2.89. The van der Waals surface area contributed by atoms with Gasteiger partial charge >= 0.3 is 0 Å². The number of unbranched alkanes of at least 4 members (excludes halogenated alkanes) is 13. The molecule has 19 heavy (non-hydrogen) atoms. The van der Waals surface area contributed by atoms with E-state index in [1.54, 1.807) is 0 Å². The molecule has 0 fully saturated rings. The molecule has 0 aromatic carbocycles. The Hall–Kier alpha value is -0.600. The molecule has 0 saturated carbocycles. The monoisotopic (exact) mass is 271 g/mol. The molecule has 0 atom stereocenters. The van der Waals surface area contributed by atoms with Gasteiger partial charge in [-0.3, -0.25) is 0 Å². The van der Waals surface area contributed by atoms with E-state index in [-0.39, 0.29) is 0 Å². The van der Waals surface area contributed by atoms with Gasteiger partial charge in [0.25, 0.3) is 0 Å². The lowest BCUT2D eigenvalue weighted by molar-refractivity contribution is 0.135. The van der Waals surface area contributed by atoms with Crippen molar-refractivity contribution in [3.05, 3.63) is 4.91 Å². The first kappa shape index (κ1) is 18.4. The van der Waals surface area contributed by atoms with E-state index in [9.17, 15) is 4.91 Å². The second-order valence-corrected chi connectivity index (χ2v) is 5.50. The average molecular weight is 271 g/mol. The van der Waals surface area contributed by atoms with Gasteiger partial charge in [0.15, 0.2) is 5.34 Å². The highest BCUT2D eigenvalue weighted by Crippen LogP contribution is 2.12. The zero-order valence-corrected chi connectivity index (χ0v) is 12.9. The summed E-state index contributed by atoms with van der Waals surface area (Å²) in [6, 6.07) is 0. The summed E-state index contributed by atoms with van der Waals surface area (Å²) in [5, 5.41) is 2.38. The van der Waals surface area contributed by atoms with Crippen molar-refractivity contribution >= 4 is 0 Å². The average Bonchev–Trinajstić information content (AvgIpc) is 2.43. The molecule has 3 heteroatoms. The van der Waals surface area contributed by atoms with Gasteiger partial charge in [-0.15, -0.1) is 4.91 Å². The Labute approximate surface area is 119 Å². The fraction of sp³-hybridized carbons (Fsp3) is 1.00. The Bertz CT molecular complexity index is 174. The highest BCUT2D eigenvalue weighted by molar-refractivity contribution is 4.49. The summed E-state index contributed by atoms with van der Waals surface area (Å²) in [6.45, 7) is 2.76. The highest BCUT2D eigenvalue weighted by Gasteiger charge is 1.94. The van der Waals surface area contributed by atoms with Crippen molar-refractivity contribution in [2.75, 3.05) is 6.61 Å². The summed E-state index contributed by atoms with van der Waals surface area (Å²) in [5.74, 6) is 0. The molecule has 0 aromatic heterocycles. The lowest BCUT2D eigenvalue weighted by atomic mass is 10.0. The summed E-state index contributed by atoms with van der Waals surface area (Å²) in [6.07, 6.45) is 18.8. The molecule has 0 radical (unpaired) electrons. The van der Waals surface area contributed by atoms with Crippen LogP contribution in [0.5, 0.6) is 0 Å². The van der Waals surface area contributed by atoms with Gasteiger partial charge in [-0.25, -0.2) is 0 Å². The molecule has 0 spiro atoms. The normalized spacial score (nSPS) is 10.6. The minimum absolute atomic E-state index is 0.488. The quantitative estimate of drug-likeness (QED) is 0.191. The van der Waals surface area contributed by atoms with Crippen LogP contribution in [0.4, 0.5) is 0 Å². The molecule has 0 bridgehead atoms. The van der Waals surface area contributed by atoms with E-state index in [0.29, 0.717) is 6.61 Å². The first-order valence-corrected chi connectivity index (χ1v) is 8.36. The largest absolute Gasteiger partial charge is 0.364 e. The van der Waals surface area contributed by atoms with E-state index in [2.05, 4.69) is 17.1 Å². The van der Waals surface area contributed by atoms with Crippen molar-refractivity contribution in [2.24, 2.45) is 5.34 Å². The topological polar surface area (TPSA) is 38.7 Å². The van der Waals surface area contributed by atoms with Crippen LogP contribution in [0.1, 0.15) is 96.8 Å². The van der Waals surface area contributed by atoms with Gasteiger partial charge in [-0.2, -0.15) is 0 Å². The number of hydrogen-bond donors (Lipinski definition) is 0. The molecule has 0 saturated heterocycles. The molecule has 114 valence electrons. The van der Waals surface area contributed by atoms with Crippen LogP contribution in [-0.4, -0.2) is 6.61 Å². The van der Waals surface area contributed by atoms with Crippen LogP contribution in [0.15, 0.2) is 5.34 Å². The smallest absolute Gasteiger partial charge is 0.155 e. The van der Waals surface area contributed by atoms with E-state index in [0.717, 1.165) is 12.8 Å². The summed E-state index contributed by atoms with van der Waals surface area (Å²) in [4.78, 5) is 14.1. The van der Waals surface area contributed by atoms with Crippen molar-refractivity contribution in [3.8, 4) is 0 Å². The maximum Gasteiger partial charge on any atom is 0.155 e. The molecule has 0 unspecified atom stereocenters. The minimum atomic E-state index is 0.488. The van der Waals surface area contributed by atoms with Gasteiger partial charge in [-0.05, 0) is 12.8 Å². The molecule has 0 aliphatic heterocycles. The van der Waals surface area contributed by atoms with Crippen LogP contribution in [-0.2, 0) is 4.84 Å². The van der Waals surface area contributed by atoms with Crippen molar-refractivity contribution < 1.29 is 4.84 Å². The van der Waals surface area contributed by atoms with Gasteiger partial charge in [0.2, 0.25) is 0 Å². The first-order chi connectivity index (χ1) is 9.41. The molecule has 0 aromatic rings. The van der Waals surface area contributed by atoms with E-state index in [1.165, 1.54) is 77.0 Å². The molecule has 0 aliphatic carbocycles. The lowest BCUT2D eigenvalue weighted by Crippen LogP contribution is -1.87. The van der Waals surface area contributed by atoms with Crippen LogP contribution in [0.3, 0.4) is 0 Å². The first-order valence-electron chi connectivity index (χ1n) is 8.36. The van der Waals surface area contributed by atoms with Crippen LogP contribution < -0.4 is 0 Å². The standard InChI is InChI=1S/C16H33NO2/c1-2-3-4-5-6-7-8-9-10-11-12-13-14-15-16-19-17-18/h2-16H2,1H3. The predicted octanol–water partition coefficient (Wildman–Crippen LogP) is 6.17. The molecular weight excluding hydrogens is 238 g/mol. The van der Waals surface area contributed by atoms with E-state index >= 15 is 0 Å². The molecule has 0 amide bonds. The maximum atomic E-state index is 9.67. The third kappa shape index (κ3) is 17.4. The molecular formula is C16H33NO2. The molecule has 3 nitrogen and oxygen atoms in total. The summed E-state index contributed by atoms with van der Waals surface area (Å²) >= 11 is 0. The van der Waals surface area contributed by atoms with Gasteiger partial charge < -0.3 is 4.84 Å². The zero-order chi connectivity index (χ0) is 14.0. The Kier molecular flexibility index (Phi) is 16.9. The van der Waals surface area contributed by atoms with Crippen LogP contribution >= 0.6 is 0 Å². The number of nitrogens with zero attached hydrogens (tertiary/aromatic N) is 1. The van der Waals surface area contributed by atoms with Crippen LogP contribution in [0.25, 0.3) is 0 Å². The van der Waals surface area contributed by atoms with Crippen molar-refractivity contribution in [2.45, 2.75) is 96.8 Å². The zero-order valence-electron chi connectivity index (χ0n) is 12.9. The van der Waals surface area contributed by atoms with Crippen LogP contribution in [0, 0.1) is 4.91 Å². The SMILES string of the molecule is CCCCCCCCCCCCCCCCON=O. The predicted molar refractivity (Wildman–Crippen MR) is 82.1 cm³/mol. The Morgan fingerprint density at radius 3 is 1.37 bits per heavy atom. The molecule has 0 rings (SSSR count). The van der Waals surface area contributed by atoms with E-state index in [4.69, 9.17) is 0 Å². The molecule has 0 aliphatic rings. The van der Waals surface area contributed by atoms with Crippen molar-refractivity contribution in [3.63, 3.8) is 0 Å². The third-order valence-corrected chi connectivity index (χ3v) is 3.64. The number of rotatable bonds is 16. The summed E-state index contributed by atoms with van der Waals surface area (Å²) in [7, 11) is 0. The van der Waals surface area contributed by atoms with Gasteiger partial charge in [0.05, 0.1) is 0 Å². The fourth-order valence-corrected chi connectivity index (χ4v) is 2.40. The second kappa shape index (κ2) is 17.4. The Morgan fingerprint density at radius 2 is 1.00 bits per heavy atom. The summed E-state index contributed by atoms with van der Waals surface area (Å²) in [5.41, 5.74) is 0. The molecule has 0 heterocycles. The summed E-state index contributed by atoms with van der Waals surface area (Å²) < 4.78 is 0. The minimum Gasteiger partial charge on any atom is -0.364 e. The lowest BCUT2D eigenvalue weighted by Gasteiger charge is -2.02. The van der Waals surface area contributed by atoms with Crippen molar-refractivity contribution in [1.82, 2.24) is 0 Å². The third-order valence-electron chi connectivity index (χ3n) is 3.64. The second-order valence-electron chi connectivity index (χ2n) is 5.50. The maximum absolute atomic E-state index is 9.67.